The predicted octanol–water partition coefficient (Wildman–Crippen LogP) is 14.9. The monoisotopic (exact) mass is 689 g/mol. The third kappa shape index (κ3) is 5.62. The molecule has 0 amide bonds. The van der Waals surface area contributed by atoms with Crippen LogP contribution in [0.15, 0.2) is 217 Å². The van der Waals surface area contributed by atoms with Gasteiger partial charge < -0.3 is 9.32 Å². The molecule has 254 valence electrons. The quantitative estimate of drug-likeness (QED) is 0.166. The first-order valence-corrected chi connectivity index (χ1v) is 18.4. The van der Waals surface area contributed by atoms with Gasteiger partial charge >= 0.3 is 0 Å². The predicted molar refractivity (Wildman–Crippen MR) is 228 cm³/mol. The number of hydrogen-bond acceptors (Lipinski definition) is 2. The molecule has 9 aromatic carbocycles. The van der Waals surface area contributed by atoms with Crippen LogP contribution >= 0.6 is 0 Å². The number of hydrogen-bond donors (Lipinski definition) is 0. The minimum atomic E-state index is 0.856. The second-order valence-electron chi connectivity index (χ2n) is 13.7. The molecular formula is C52H35NO. The Balaban J connectivity index is 1.10. The summed E-state index contributed by atoms with van der Waals surface area (Å²) in [6, 6.07) is 75.6. The smallest absolute Gasteiger partial charge is 0.159 e. The highest BCUT2D eigenvalue weighted by Crippen LogP contribution is 2.46. The van der Waals surface area contributed by atoms with Gasteiger partial charge in [0.15, 0.2) is 5.58 Å². The number of nitrogens with zero attached hydrogens (tertiary/aromatic N) is 1. The van der Waals surface area contributed by atoms with E-state index in [0.29, 0.717) is 0 Å². The van der Waals surface area contributed by atoms with E-state index in [1.165, 1.54) is 44.2 Å². The lowest BCUT2D eigenvalue weighted by atomic mass is 9.94. The molecule has 0 N–H and O–H groups in total. The molecule has 54 heavy (non-hydrogen) atoms. The van der Waals surface area contributed by atoms with Crippen molar-refractivity contribution in [1.82, 2.24) is 0 Å². The summed E-state index contributed by atoms with van der Waals surface area (Å²) in [5.74, 6) is 0. The molecule has 0 radical (unpaired) electrons. The Kier molecular flexibility index (Phi) is 7.85. The molecule has 10 rings (SSSR count). The molecule has 1 aromatic heterocycles. The summed E-state index contributed by atoms with van der Waals surface area (Å²) in [6.45, 7) is 0. The van der Waals surface area contributed by atoms with Gasteiger partial charge in [0.05, 0.1) is 5.69 Å². The highest BCUT2D eigenvalue weighted by Gasteiger charge is 2.22. The minimum absolute atomic E-state index is 0.856. The van der Waals surface area contributed by atoms with Crippen LogP contribution in [0, 0.1) is 0 Å². The summed E-state index contributed by atoms with van der Waals surface area (Å²) in [5, 5.41) is 4.55. The van der Waals surface area contributed by atoms with E-state index < -0.39 is 0 Å². The molecule has 1 heterocycles. The fourth-order valence-electron chi connectivity index (χ4n) is 7.80. The standard InChI is InChI=1S/C52H35NO/c1-4-13-36(14-5-1)38-23-25-40(26-24-38)41-31-33-45(34-32-41)53(44-18-8-3-9-19-44)49-22-12-21-47-48-35-43-17-10-11-20-46(43)50(52(48)54-51(47)49)42-29-27-39(28-30-42)37-15-6-2-7-16-37/h1-35H. The summed E-state index contributed by atoms with van der Waals surface area (Å²) in [6.07, 6.45) is 0. The van der Waals surface area contributed by atoms with E-state index in [9.17, 15) is 0 Å². The van der Waals surface area contributed by atoms with Crippen molar-refractivity contribution in [3.05, 3.63) is 212 Å². The Morgan fingerprint density at radius 3 is 1.33 bits per heavy atom. The summed E-state index contributed by atoms with van der Waals surface area (Å²) < 4.78 is 7.12. The van der Waals surface area contributed by atoms with E-state index in [1.54, 1.807) is 0 Å². The maximum Gasteiger partial charge on any atom is 0.159 e. The zero-order chi connectivity index (χ0) is 35.8. The molecule has 2 nitrogen and oxygen atoms in total. The van der Waals surface area contributed by atoms with Gasteiger partial charge in [0.2, 0.25) is 0 Å². The van der Waals surface area contributed by atoms with Gasteiger partial charge in [-0.1, -0.05) is 176 Å². The number of rotatable bonds is 7. The number of furan rings is 1. The molecule has 0 atom stereocenters. The largest absolute Gasteiger partial charge is 0.453 e. The van der Waals surface area contributed by atoms with Gasteiger partial charge in [-0.3, -0.25) is 0 Å². The molecule has 0 saturated heterocycles. The van der Waals surface area contributed by atoms with Crippen molar-refractivity contribution in [1.29, 1.82) is 0 Å². The van der Waals surface area contributed by atoms with Gasteiger partial charge in [-0.25, -0.2) is 0 Å². The molecule has 0 spiro atoms. The Bertz CT molecular complexity index is 2880. The van der Waals surface area contributed by atoms with Crippen LogP contribution in [0.25, 0.3) is 77.2 Å². The molecule has 0 saturated carbocycles. The van der Waals surface area contributed by atoms with Crippen LogP contribution in [-0.2, 0) is 0 Å². The third-order valence-corrected chi connectivity index (χ3v) is 10.5. The highest BCUT2D eigenvalue weighted by molar-refractivity contribution is 6.20. The molecule has 0 unspecified atom stereocenters. The van der Waals surface area contributed by atoms with E-state index >= 15 is 0 Å². The number of fused-ring (bicyclic) bond motifs is 4. The van der Waals surface area contributed by atoms with E-state index in [2.05, 4.69) is 217 Å². The summed E-state index contributed by atoms with van der Waals surface area (Å²) in [5.41, 5.74) is 14.3. The fourth-order valence-corrected chi connectivity index (χ4v) is 7.80. The van der Waals surface area contributed by atoms with Crippen LogP contribution in [-0.4, -0.2) is 0 Å². The summed E-state index contributed by atoms with van der Waals surface area (Å²) in [4.78, 5) is 2.31. The second-order valence-corrected chi connectivity index (χ2v) is 13.7. The van der Waals surface area contributed by atoms with Crippen molar-refractivity contribution in [3.63, 3.8) is 0 Å². The molecule has 0 fully saturated rings. The first-order chi connectivity index (χ1) is 26.8. The van der Waals surface area contributed by atoms with Crippen molar-refractivity contribution < 1.29 is 4.42 Å². The van der Waals surface area contributed by atoms with Gasteiger partial charge in [-0.05, 0) is 86.1 Å². The fraction of sp³-hybridized carbons (Fsp3) is 0. The molecular weight excluding hydrogens is 655 g/mol. The lowest BCUT2D eigenvalue weighted by molar-refractivity contribution is 0.670. The van der Waals surface area contributed by atoms with E-state index in [-0.39, 0.29) is 0 Å². The first kappa shape index (κ1) is 31.6. The zero-order valence-electron chi connectivity index (χ0n) is 29.6. The second kappa shape index (κ2) is 13.4. The van der Waals surface area contributed by atoms with Crippen molar-refractivity contribution in [2.45, 2.75) is 0 Å². The summed E-state index contributed by atoms with van der Waals surface area (Å²) in [7, 11) is 0. The molecule has 0 aliphatic carbocycles. The lowest BCUT2D eigenvalue weighted by Gasteiger charge is -2.25. The van der Waals surface area contributed by atoms with Crippen molar-refractivity contribution in [2.75, 3.05) is 4.90 Å². The van der Waals surface area contributed by atoms with Crippen LogP contribution < -0.4 is 4.90 Å². The van der Waals surface area contributed by atoms with Gasteiger partial charge in [-0.2, -0.15) is 0 Å². The van der Waals surface area contributed by atoms with E-state index in [4.69, 9.17) is 4.42 Å². The lowest BCUT2D eigenvalue weighted by Crippen LogP contribution is -2.10. The van der Waals surface area contributed by atoms with Crippen molar-refractivity contribution >= 4 is 49.8 Å². The molecule has 10 aromatic rings. The Labute approximate surface area is 314 Å². The number of benzene rings is 9. The minimum Gasteiger partial charge on any atom is -0.453 e. The SMILES string of the molecule is c1ccc(-c2ccc(-c3ccc(N(c4ccccc4)c4cccc5c4oc4c(-c6ccc(-c7ccccc7)cc6)c6ccccc6cc45)cc3)cc2)cc1. The Morgan fingerprint density at radius 2 is 0.741 bits per heavy atom. The maximum absolute atomic E-state index is 7.12. The number of anilines is 3. The highest BCUT2D eigenvalue weighted by atomic mass is 16.3. The normalized spacial score (nSPS) is 11.3. The van der Waals surface area contributed by atoms with Gasteiger partial charge in [0, 0.05) is 27.7 Å². The van der Waals surface area contributed by atoms with Crippen LogP contribution in [0.1, 0.15) is 0 Å². The van der Waals surface area contributed by atoms with E-state index in [1.807, 2.05) is 0 Å². The van der Waals surface area contributed by atoms with Gasteiger partial charge in [-0.15, -0.1) is 0 Å². The number of para-hydroxylation sites is 2. The van der Waals surface area contributed by atoms with Crippen LogP contribution in [0.4, 0.5) is 17.1 Å². The van der Waals surface area contributed by atoms with Gasteiger partial charge in [0.25, 0.3) is 0 Å². The van der Waals surface area contributed by atoms with Crippen LogP contribution in [0.2, 0.25) is 0 Å². The molecule has 0 aliphatic rings. The van der Waals surface area contributed by atoms with Crippen molar-refractivity contribution in [3.8, 4) is 44.5 Å². The van der Waals surface area contributed by atoms with E-state index in [0.717, 1.165) is 50.1 Å². The molecule has 0 aliphatic heterocycles. The maximum atomic E-state index is 7.12. The third-order valence-electron chi connectivity index (χ3n) is 10.5. The molecule has 0 bridgehead atoms. The zero-order valence-corrected chi connectivity index (χ0v) is 29.6. The topological polar surface area (TPSA) is 16.4 Å². The average molecular weight is 690 g/mol. The van der Waals surface area contributed by atoms with Crippen LogP contribution in [0.5, 0.6) is 0 Å². The Hall–Kier alpha value is -7.16. The average Bonchev–Trinajstić information content (AvgIpc) is 3.63. The Morgan fingerprint density at radius 1 is 0.296 bits per heavy atom. The first-order valence-electron chi connectivity index (χ1n) is 18.4. The molecule has 2 heteroatoms. The van der Waals surface area contributed by atoms with Crippen molar-refractivity contribution in [2.24, 2.45) is 0 Å². The summed E-state index contributed by atoms with van der Waals surface area (Å²) >= 11 is 0. The van der Waals surface area contributed by atoms with Gasteiger partial charge in [0.1, 0.15) is 5.58 Å². The van der Waals surface area contributed by atoms with Crippen LogP contribution in [0.3, 0.4) is 0 Å².